The molecule has 3 aromatic rings. The Morgan fingerprint density at radius 3 is 2.50 bits per heavy atom. The van der Waals surface area contributed by atoms with Crippen LogP contribution in [0.1, 0.15) is 11.4 Å². The molecule has 22 heavy (non-hydrogen) atoms. The van der Waals surface area contributed by atoms with E-state index in [1.807, 2.05) is 24.4 Å². The fraction of sp³-hybridized carbons (Fsp3) is 0.133. The van der Waals surface area contributed by atoms with E-state index in [1.54, 1.807) is 12.1 Å². The predicted molar refractivity (Wildman–Crippen MR) is 81.9 cm³/mol. The van der Waals surface area contributed by atoms with E-state index in [0.29, 0.717) is 11.3 Å². The molecule has 0 amide bonds. The highest BCUT2D eigenvalue weighted by atomic mass is 32.2. The number of halogens is 1. The first-order valence-electron chi connectivity index (χ1n) is 6.61. The van der Waals surface area contributed by atoms with Gasteiger partial charge in [-0.3, -0.25) is 4.72 Å². The molecule has 0 bridgehead atoms. The minimum Gasteiger partial charge on any atom is -0.302 e. The lowest BCUT2D eigenvalue weighted by molar-refractivity contribution is 0.599. The first-order valence-corrected chi connectivity index (χ1v) is 8.09. The van der Waals surface area contributed by atoms with Gasteiger partial charge in [-0.25, -0.2) is 17.8 Å². The SMILES string of the molecule is Cc1nc2c(NS(=O)(=O)c3ccc(F)cc3)cccn2c1C. The molecule has 0 saturated heterocycles. The second-order valence-corrected chi connectivity index (χ2v) is 6.64. The van der Waals surface area contributed by atoms with Crippen molar-refractivity contribution in [1.82, 2.24) is 9.38 Å². The van der Waals surface area contributed by atoms with Gasteiger partial charge in [0.2, 0.25) is 0 Å². The summed E-state index contributed by atoms with van der Waals surface area (Å²) < 4.78 is 42.0. The summed E-state index contributed by atoms with van der Waals surface area (Å²) in [5, 5.41) is 0. The summed E-state index contributed by atoms with van der Waals surface area (Å²) in [4.78, 5) is 4.38. The Bertz CT molecular complexity index is 947. The molecule has 1 aromatic carbocycles. The molecule has 0 unspecified atom stereocenters. The summed E-state index contributed by atoms with van der Waals surface area (Å²) in [6.45, 7) is 3.77. The molecule has 114 valence electrons. The quantitative estimate of drug-likeness (QED) is 0.807. The maximum atomic E-state index is 12.9. The fourth-order valence-electron chi connectivity index (χ4n) is 2.20. The van der Waals surface area contributed by atoms with E-state index >= 15 is 0 Å². The summed E-state index contributed by atoms with van der Waals surface area (Å²) in [7, 11) is -3.80. The van der Waals surface area contributed by atoms with Crippen LogP contribution in [0.3, 0.4) is 0 Å². The first kappa shape index (κ1) is 14.5. The third kappa shape index (κ3) is 2.43. The number of fused-ring (bicyclic) bond motifs is 1. The smallest absolute Gasteiger partial charge is 0.262 e. The zero-order chi connectivity index (χ0) is 15.9. The summed E-state index contributed by atoms with van der Waals surface area (Å²) in [6, 6.07) is 8.05. The zero-order valence-electron chi connectivity index (χ0n) is 12.0. The largest absolute Gasteiger partial charge is 0.302 e. The van der Waals surface area contributed by atoms with Crippen molar-refractivity contribution < 1.29 is 12.8 Å². The number of rotatable bonds is 3. The highest BCUT2D eigenvalue weighted by Crippen LogP contribution is 2.22. The van der Waals surface area contributed by atoms with E-state index in [1.165, 1.54) is 12.1 Å². The maximum absolute atomic E-state index is 12.9. The molecule has 0 spiro atoms. The summed E-state index contributed by atoms with van der Waals surface area (Å²) >= 11 is 0. The Balaban J connectivity index is 2.06. The number of anilines is 1. The lowest BCUT2D eigenvalue weighted by Gasteiger charge is -2.09. The van der Waals surface area contributed by atoms with Gasteiger partial charge >= 0.3 is 0 Å². The third-order valence-electron chi connectivity index (χ3n) is 3.49. The van der Waals surface area contributed by atoms with Crippen molar-refractivity contribution in [1.29, 1.82) is 0 Å². The van der Waals surface area contributed by atoms with Crippen molar-refractivity contribution in [2.24, 2.45) is 0 Å². The predicted octanol–water partition coefficient (Wildman–Crippen LogP) is 2.89. The molecule has 3 rings (SSSR count). The second kappa shape index (κ2) is 5.10. The van der Waals surface area contributed by atoms with Crippen LogP contribution in [0.25, 0.3) is 5.65 Å². The van der Waals surface area contributed by atoms with Crippen LogP contribution in [0.15, 0.2) is 47.5 Å². The van der Waals surface area contributed by atoms with Gasteiger partial charge in [-0.15, -0.1) is 0 Å². The first-order chi connectivity index (χ1) is 10.4. The standard InChI is InChI=1S/C15H14FN3O2S/c1-10-11(2)19-9-3-4-14(15(19)17-10)18-22(20,21)13-7-5-12(16)6-8-13/h3-9,18H,1-2H3. The van der Waals surface area contributed by atoms with Gasteiger partial charge < -0.3 is 4.40 Å². The molecule has 0 aliphatic heterocycles. The lowest BCUT2D eigenvalue weighted by atomic mass is 10.4. The van der Waals surface area contributed by atoms with Crippen LogP contribution in [0.2, 0.25) is 0 Å². The molecule has 5 nitrogen and oxygen atoms in total. The number of aryl methyl sites for hydroxylation is 2. The number of benzene rings is 1. The topological polar surface area (TPSA) is 63.5 Å². The summed E-state index contributed by atoms with van der Waals surface area (Å²) in [5.41, 5.74) is 2.68. The van der Waals surface area contributed by atoms with Gasteiger partial charge in [0, 0.05) is 11.9 Å². The Labute approximate surface area is 127 Å². The second-order valence-electron chi connectivity index (χ2n) is 4.96. The van der Waals surface area contributed by atoms with Crippen LogP contribution in [0.5, 0.6) is 0 Å². The summed E-state index contributed by atoms with van der Waals surface area (Å²) in [5.74, 6) is -0.486. The fourth-order valence-corrected chi connectivity index (χ4v) is 3.26. The molecule has 0 radical (unpaired) electrons. The van der Waals surface area contributed by atoms with E-state index < -0.39 is 15.8 Å². The zero-order valence-corrected chi connectivity index (χ0v) is 12.9. The van der Waals surface area contributed by atoms with Crippen LogP contribution in [0.4, 0.5) is 10.1 Å². The molecule has 1 N–H and O–H groups in total. The number of hydrogen-bond acceptors (Lipinski definition) is 3. The van der Waals surface area contributed by atoms with Crippen LogP contribution in [-0.2, 0) is 10.0 Å². The molecule has 0 saturated carbocycles. The van der Waals surface area contributed by atoms with Crippen molar-refractivity contribution in [2.45, 2.75) is 18.7 Å². The van der Waals surface area contributed by atoms with Crippen molar-refractivity contribution >= 4 is 21.4 Å². The Hall–Kier alpha value is -2.41. The summed E-state index contributed by atoms with van der Waals surface area (Å²) in [6.07, 6.45) is 1.82. The lowest BCUT2D eigenvalue weighted by Crippen LogP contribution is -2.13. The highest BCUT2D eigenvalue weighted by molar-refractivity contribution is 7.92. The molecule has 7 heteroatoms. The number of imidazole rings is 1. The van der Waals surface area contributed by atoms with Crippen LogP contribution in [-0.4, -0.2) is 17.8 Å². The highest BCUT2D eigenvalue weighted by Gasteiger charge is 2.17. The average molecular weight is 319 g/mol. The van der Waals surface area contributed by atoms with Gasteiger partial charge in [-0.05, 0) is 50.2 Å². The van der Waals surface area contributed by atoms with Gasteiger partial charge in [-0.2, -0.15) is 0 Å². The van der Waals surface area contributed by atoms with Crippen molar-refractivity contribution in [2.75, 3.05) is 4.72 Å². The molecule has 0 aliphatic carbocycles. The average Bonchev–Trinajstić information content (AvgIpc) is 2.76. The molecule has 2 heterocycles. The molecule has 0 aliphatic rings. The number of hydrogen-bond donors (Lipinski definition) is 1. The molecule has 2 aromatic heterocycles. The Kier molecular flexibility index (Phi) is 3.37. The van der Waals surface area contributed by atoms with Gasteiger partial charge in [0.15, 0.2) is 5.65 Å². The number of pyridine rings is 1. The number of nitrogens with one attached hydrogen (secondary N) is 1. The molecule has 0 atom stereocenters. The Morgan fingerprint density at radius 1 is 1.14 bits per heavy atom. The minimum absolute atomic E-state index is 0.00379. The number of aromatic nitrogens is 2. The van der Waals surface area contributed by atoms with Crippen molar-refractivity contribution in [3.8, 4) is 0 Å². The van der Waals surface area contributed by atoms with Crippen LogP contribution >= 0.6 is 0 Å². The van der Waals surface area contributed by atoms with E-state index in [0.717, 1.165) is 23.5 Å². The van der Waals surface area contributed by atoms with Gasteiger partial charge in [0.1, 0.15) is 5.82 Å². The van der Waals surface area contributed by atoms with Crippen molar-refractivity contribution in [3.05, 3.63) is 59.8 Å². The van der Waals surface area contributed by atoms with Crippen LogP contribution in [0, 0.1) is 19.7 Å². The molecular formula is C15H14FN3O2S. The minimum atomic E-state index is -3.80. The van der Waals surface area contributed by atoms with Gasteiger partial charge in [-0.1, -0.05) is 0 Å². The van der Waals surface area contributed by atoms with Gasteiger partial charge in [0.05, 0.1) is 16.3 Å². The van der Waals surface area contributed by atoms with E-state index in [2.05, 4.69) is 9.71 Å². The van der Waals surface area contributed by atoms with Gasteiger partial charge in [0.25, 0.3) is 10.0 Å². The molecular weight excluding hydrogens is 305 g/mol. The number of sulfonamides is 1. The maximum Gasteiger partial charge on any atom is 0.262 e. The van der Waals surface area contributed by atoms with E-state index in [9.17, 15) is 12.8 Å². The Morgan fingerprint density at radius 2 is 1.82 bits per heavy atom. The molecule has 0 fully saturated rings. The van der Waals surface area contributed by atoms with Crippen LogP contribution < -0.4 is 4.72 Å². The van der Waals surface area contributed by atoms with E-state index in [-0.39, 0.29) is 4.90 Å². The normalized spacial score (nSPS) is 11.8. The monoisotopic (exact) mass is 319 g/mol. The third-order valence-corrected chi connectivity index (χ3v) is 4.88. The number of nitrogens with zero attached hydrogens (tertiary/aromatic N) is 2. The van der Waals surface area contributed by atoms with Crippen molar-refractivity contribution in [3.63, 3.8) is 0 Å². The van der Waals surface area contributed by atoms with E-state index in [4.69, 9.17) is 0 Å².